The molecule has 0 aliphatic heterocycles. The van der Waals surface area contributed by atoms with Crippen LogP contribution >= 0.6 is 11.8 Å². The largest absolute Gasteiger partial charge is 0.381 e. The van der Waals surface area contributed by atoms with Crippen molar-refractivity contribution < 1.29 is 0 Å². The maximum absolute atomic E-state index is 3.45. The van der Waals surface area contributed by atoms with Crippen molar-refractivity contribution in [2.45, 2.75) is 18.4 Å². The summed E-state index contributed by atoms with van der Waals surface area (Å²) in [5, 5.41) is 3.45. The third-order valence-corrected chi connectivity index (χ3v) is 3.37. The molecule has 0 amide bonds. The number of anilines is 1. The van der Waals surface area contributed by atoms with Crippen molar-refractivity contribution in [2.24, 2.45) is 0 Å². The highest BCUT2D eigenvalue weighted by molar-refractivity contribution is 7.98. The standard InChI is InChI=1S/C15H17NS/c1-12-5-3-6-13(9-12)11-16-14-7-4-8-15(10-14)17-2/h3-10,16H,11H2,1-2H3. The summed E-state index contributed by atoms with van der Waals surface area (Å²) >= 11 is 1.77. The van der Waals surface area contributed by atoms with Gasteiger partial charge >= 0.3 is 0 Å². The van der Waals surface area contributed by atoms with E-state index in [1.807, 2.05) is 0 Å². The third kappa shape index (κ3) is 3.53. The highest BCUT2D eigenvalue weighted by Gasteiger charge is 1.96. The van der Waals surface area contributed by atoms with Gasteiger partial charge in [0.05, 0.1) is 0 Å². The predicted octanol–water partition coefficient (Wildman–Crippen LogP) is 4.33. The summed E-state index contributed by atoms with van der Waals surface area (Å²) in [5.41, 5.74) is 3.81. The van der Waals surface area contributed by atoms with Gasteiger partial charge in [0.1, 0.15) is 0 Å². The van der Waals surface area contributed by atoms with Gasteiger partial charge in [-0.25, -0.2) is 0 Å². The molecule has 0 radical (unpaired) electrons. The zero-order valence-corrected chi connectivity index (χ0v) is 11.1. The molecule has 2 aromatic rings. The minimum Gasteiger partial charge on any atom is -0.381 e. The van der Waals surface area contributed by atoms with E-state index in [1.54, 1.807) is 11.8 Å². The van der Waals surface area contributed by atoms with E-state index in [9.17, 15) is 0 Å². The molecule has 1 N–H and O–H groups in total. The molecule has 0 aromatic heterocycles. The molecule has 0 aliphatic rings. The summed E-state index contributed by atoms with van der Waals surface area (Å²) < 4.78 is 0. The van der Waals surface area contributed by atoms with Gasteiger partial charge in [0.15, 0.2) is 0 Å². The molecule has 0 spiro atoms. The number of aryl methyl sites for hydroxylation is 1. The Morgan fingerprint density at radius 3 is 2.65 bits per heavy atom. The van der Waals surface area contributed by atoms with E-state index in [2.05, 4.69) is 67.0 Å². The van der Waals surface area contributed by atoms with Crippen LogP contribution in [0, 0.1) is 6.92 Å². The summed E-state index contributed by atoms with van der Waals surface area (Å²) in [6.45, 7) is 3.00. The van der Waals surface area contributed by atoms with Gasteiger partial charge in [-0.1, -0.05) is 35.9 Å². The average Bonchev–Trinajstić information content (AvgIpc) is 2.37. The van der Waals surface area contributed by atoms with Gasteiger partial charge < -0.3 is 5.32 Å². The van der Waals surface area contributed by atoms with Gasteiger partial charge in [-0.15, -0.1) is 11.8 Å². The van der Waals surface area contributed by atoms with Crippen LogP contribution in [0.3, 0.4) is 0 Å². The maximum Gasteiger partial charge on any atom is 0.0400 e. The Bertz CT molecular complexity index is 494. The monoisotopic (exact) mass is 243 g/mol. The van der Waals surface area contributed by atoms with E-state index < -0.39 is 0 Å². The Morgan fingerprint density at radius 1 is 1.06 bits per heavy atom. The van der Waals surface area contributed by atoms with Crippen LogP contribution in [0.25, 0.3) is 0 Å². The van der Waals surface area contributed by atoms with Crippen molar-refractivity contribution in [1.29, 1.82) is 0 Å². The summed E-state index contributed by atoms with van der Waals surface area (Å²) in [6.07, 6.45) is 2.10. The second-order valence-electron chi connectivity index (χ2n) is 4.07. The number of nitrogens with one attached hydrogen (secondary N) is 1. The third-order valence-electron chi connectivity index (χ3n) is 2.65. The molecule has 0 aliphatic carbocycles. The highest BCUT2D eigenvalue weighted by atomic mass is 32.2. The number of hydrogen-bond acceptors (Lipinski definition) is 2. The minimum atomic E-state index is 0.875. The Balaban J connectivity index is 2.02. The minimum absolute atomic E-state index is 0.875. The molecule has 0 heterocycles. The quantitative estimate of drug-likeness (QED) is 0.802. The summed E-state index contributed by atoms with van der Waals surface area (Å²) in [4.78, 5) is 1.29. The van der Waals surface area contributed by atoms with Crippen LogP contribution < -0.4 is 5.32 Å². The lowest BCUT2D eigenvalue weighted by atomic mass is 10.1. The Kier molecular flexibility index (Phi) is 4.10. The fraction of sp³-hybridized carbons (Fsp3) is 0.200. The van der Waals surface area contributed by atoms with Gasteiger partial charge in [0.2, 0.25) is 0 Å². The number of thioether (sulfide) groups is 1. The van der Waals surface area contributed by atoms with Crippen molar-refractivity contribution in [3.63, 3.8) is 0 Å². The van der Waals surface area contributed by atoms with Crippen LogP contribution in [0.2, 0.25) is 0 Å². The van der Waals surface area contributed by atoms with Crippen LogP contribution in [-0.4, -0.2) is 6.26 Å². The SMILES string of the molecule is CSc1cccc(NCc2cccc(C)c2)c1. The molecule has 0 fully saturated rings. The normalized spacial score (nSPS) is 10.2. The first kappa shape index (κ1) is 12.1. The number of rotatable bonds is 4. The van der Waals surface area contributed by atoms with Crippen LogP contribution in [0.1, 0.15) is 11.1 Å². The molecule has 0 saturated heterocycles. The Morgan fingerprint density at radius 2 is 1.88 bits per heavy atom. The molecule has 88 valence electrons. The summed E-state index contributed by atoms with van der Waals surface area (Å²) in [6, 6.07) is 17.1. The van der Waals surface area contributed by atoms with E-state index in [0.717, 1.165) is 6.54 Å². The van der Waals surface area contributed by atoms with E-state index in [-0.39, 0.29) is 0 Å². The molecule has 0 bridgehead atoms. The summed E-state index contributed by atoms with van der Waals surface area (Å²) in [7, 11) is 0. The Hall–Kier alpha value is -1.41. The molecule has 0 atom stereocenters. The van der Waals surface area contributed by atoms with Gasteiger partial charge in [-0.3, -0.25) is 0 Å². The van der Waals surface area contributed by atoms with E-state index in [1.165, 1.54) is 21.7 Å². The average molecular weight is 243 g/mol. The van der Waals surface area contributed by atoms with Crippen molar-refractivity contribution in [3.8, 4) is 0 Å². The molecule has 2 aromatic carbocycles. The fourth-order valence-electron chi connectivity index (χ4n) is 1.76. The summed E-state index contributed by atoms with van der Waals surface area (Å²) in [5.74, 6) is 0. The van der Waals surface area contributed by atoms with Crippen molar-refractivity contribution >= 4 is 17.4 Å². The van der Waals surface area contributed by atoms with Crippen molar-refractivity contribution in [3.05, 3.63) is 59.7 Å². The fourth-order valence-corrected chi connectivity index (χ4v) is 2.22. The molecule has 17 heavy (non-hydrogen) atoms. The zero-order chi connectivity index (χ0) is 12.1. The first-order valence-corrected chi connectivity index (χ1v) is 6.94. The molecular formula is C15H17NS. The van der Waals surface area contributed by atoms with Gasteiger partial charge in [-0.05, 0) is 36.9 Å². The van der Waals surface area contributed by atoms with Crippen molar-refractivity contribution in [2.75, 3.05) is 11.6 Å². The molecule has 1 nitrogen and oxygen atoms in total. The van der Waals surface area contributed by atoms with Crippen LogP contribution in [0.15, 0.2) is 53.4 Å². The van der Waals surface area contributed by atoms with E-state index >= 15 is 0 Å². The molecular weight excluding hydrogens is 226 g/mol. The molecule has 0 unspecified atom stereocenters. The first-order chi connectivity index (χ1) is 8.28. The lowest BCUT2D eigenvalue weighted by Crippen LogP contribution is -1.99. The van der Waals surface area contributed by atoms with Crippen LogP contribution in [0.5, 0.6) is 0 Å². The molecule has 2 heteroatoms. The predicted molar refractivity (Wildman–Crippen MR) is 76.7 cm³/mol. The van der Waals surface area contributed by atoms with Crippen molar-refractivity contribution in [1.82, 2.24) is 0 Å². The topological polar surface area (TPSA) is 12.0 Å². The zero-order valence-electron chi connectivity index (χ0n) is 10.2. The first-order valence-electron chi connectivity index (χ1n) is 5.71. The smallest absolute Gasteiger partial charge is 0.0400 e. The van der Waals surface area contributed by atoms with Gasteiger partial charge in [-0.2, -0.15) is 0 Å². The molecule has 2 rings (SSSR count). The highest BCUT2D eigenvalue weighted by Crippen LogP contribution is 2.19. The van der Waals surface area contributed by atoms with Crippen LogP contribution in [-0.2, 0) is 6.54 Å². The van der Waals surface area contributed by atoms with Crippen LogP contribution in [0.4, 0.5) is 5.69 Å². The lowest BCUT2D eigenvalue weighted by molar-refractivity contribution is 1.14. The second kappa shape index (κ2) is 5.78. The maximum atomic E-state index is 3.45. The second-order valence-corrected chi connectivity index (χ2v) is 4.95. The lowest BCUT2D eigenvalue weighted by Gasteiger charge is -2.08. The van der Waals surface area contributed by atoms with Gasteiger partial charge in [0, 0.05) is 17.1 Å². The molecule has 0 saturated carbocycles. The number of benzene rings is 2. The van der Waals surface area contributed by atoms with E-state index in [0.29, 0.717) is 0 Å². The van der Waals surface area contributed by atoms with Gasteiger partial charge in [0.25, 0.3) is 0 Å². The van der Waals surface area contributed by atoms with E-state index in [4.69, 9.17) is 0 Å². The number of hydrogen-bond donors (Lipinski definition) is 1. The Labute approximate surface area is 107 Å².